The number of hydrogen-bond acceptors (Lipinski definition) is 5. The molecule has 6 nitrogen and oxygen atoms in total. The Morgan fingerprint density at radius 3 is 2.96 bits per heavy atom. The Kier molecular flexibility index (Phi) is 4.89. The zero-order valence-corrected chi connectivity index (χ0v) is 14.5. The lowest BCUT2D eigenvalue weighted by molar-refractivity contribution is -0.130. The van der Waals surface area contributed by atoms with E-state index in [9.17, 15) is 9.59 Å². The number of nitrogens with one attached hydrogen (secondary N) is 1. The van der Waals surface area contributed by atoms with Crippen LogP contribution in [0.2, 0.25) is 0 Å². The molecule has 0 aliphatic carbocycles. The molecule has 3 rings (SSSR count). The van der Waals surface area contributed by atoms with E-state index in [1.807, 2.05) is 37.4 Å². The van der Waals surface area contributed by atoms with E-state index in [4.69, 9.17) is 0 Å². The Bertz CT molecular complexity index is 729. The second-order valence-electron chi connectivity index (χ2n) is 6.12. The number of nitrogens with zero attached hydrogens (tertiary/aromatic N) is 3. The lowest BCUT2D eigenvalue weighted by atomic mass is 10.1. The summed E-state index contributed by atoms with van der Waals surface area (Å²) in [6, 6.07) is 5.82. The van der Waals surface area contributed by atoms with Gasteiger partial charge in [0.05, 0.1) is 23.9 Å². The maximum atomic E-state index is 12.3. The topological polar surface area (TPSA) is 75.2 Å². The van der Waals surface area contributed by atoms with Gasteiger partial charge in [0.15, 0.2) is 0 Å². The molecule has 0 radical (unpaired) electrons. The highest BCUT2D eigenvalue weighted by atomic mass is 32.1. The molecule has 1 fully saturated rings. The fourth-order valence-electron chi connectivity index (χ4n) is 2.72. The minimum Gasteiger partial charge on any atom is -0.350 e. The molecular formula is C17H20N4O2S. The van der Waals surface area contributed by atoms with Gasteiger partial charge in [-0.05, 0) is 26.0 Å². The third kappa shape index (κ3) is 3.62. The van der Waals surface area contributed by atoms with Gasteiger partial charge in [0, 0.05) is 30.6 Å². The smallest absolute Gasteiger partial charge is 0.225 e. The van der Waals surface area contributed by atoms with Crippen molar-refractivity contribution in [3.8, 4) is 10.7 Å². The first-order valence-electron chi connectivity index (χ1n) is 7.97. The van der Waals surface area contributed by atoms with E-state index in [1.165, 1.54) is 11.3 Å². The standard InChI is InChI=1S/C17H20N4O2S/c1-11(2)21-9-12(7-15(21)22)16(23)19-8-13-10-24-17(20-13)14-5-3-4-6-18-14/h3-6,10-12H,7-9H2,1-2H3,(H,19,23). The largest absolute Gasteiger partial charge is 0.350 e. The van der Waals surface area contributed by atoms with Crippen LogP contribution in [-0.4, -0.2) is 39.3 Å². The molecule has 0 spiro atoms. The van der Waals surface area contributed by atoms with Gasteiger partial charge in [0.25, 0.3) is 0 Å². The van der Waals surface area contributed by atoms with Crippen LogP contribution in [0.3, 0.4) is 0 Å². The van der Waals surface area contributed by atoms with Crippen molar-refractivity contribution >= 4 is 23.2 Å². The molecule has 1 saturated heterocycles. The summed E-state index contributed by atoms with van der Waals surface area (Å²) < 4.78 is 0. The molecule has 1 N–H and O–H groups in total. The number of carbonyl (C=O) groups is 2. The summed E-state index contributed by atoms with van der Waals surface area (Å²) >= 11 is 1.50. The summed E-state index contributed by atoms with van der Waals surface area (Å²) in [5.41, 5.74) is 1.63. The van der Waals surface area contributed by atoms with Crippen LogP contribution in [0.25, 0.3) is 10.7 Å². The van der Waals surface area contributed by atoms with Crippen LogP contribution in [0, 0.1) is 5.92 Å². The summed E-state index contributed by atoms with van der Waals surface area (Å²) in [6.45, 7) is 4.80. The minimum absolute atomic E-state index is 0.0521. The second kappa shape index (κ2) is 7.09. The Morgan fingerprint density at radius 2 is 2.29 bits per heavy atom. The van der Waals surface area contributed by atoms with Gasteiger partial charge >= 0.3 is 0 Å². The molecule has 3 heterocycles. The van der Waals surface area contributed by atoms with Crippen molar-refractivity contribution in [2.24, 2.45) is 5.92 Å². The third-order valence-electron chi connectivity index (χ3n) is 4.03. The first-order chi connectivity index (χ1) is 11.5. The quantitative estimate of drug-likeness (QED) is 0.901. The SMILES string of the molecule is CC(C)N1CC(C(=O)NCc2csc(-c3ccccn3)n2)CC1=O. The highest BCUT2D eigenvalue weighted by molar-refractivity contribution is 7.13. The zero-order chi connectivity index (χ0) is 17.1. The highest BCUT2D eigenvalue weighted by Crippen LogP contribution is 2.22. The maximum absolute atomic E-state index is 12.3. The maximum Gasteiger partial charge on any atom is 0.225 e. The van der Waals surface area contributed by atoms with Crippen LogP contribution in [0.4, 0.5) is 0 Å². The number of aromatic nitrogens is 2. The molecule has 0 bridgehead atoms. The molecule has 24 heavy (non-hydrogen) atoms. The van der Waals surface area contributed by atoms with Gasteiger partial charge in [-0.15, -0.1) is 11.3 Å². The fourth-order valence-corrected chi connectivity index (χ4v) is 3.52. The number of amides is 2. The van der Waals surface area contributed by atoms with E-state index in [1.54, 1.807) is 11.1 Å². The summed E-state index contributed by atoms with van der Waals surface area (Å²) in [5.74, 6) is -0.302. The van der Waals surface area contributed by atoms with Gasteiger partial charge in [-0.2, -0.15) is 0 Å². The van der Waals surface area contributed by atoms with Gasteiger partial charge in [-0.1, -0.05) is 6.07 Å². The van der Waals surface area contributed by atoms with Gasteiger partial charge in [-0.3, -0.25) is 14.6 Å². The molecule has 0 aromatic carbocycles. The summed E-state index contributed by atoms with van der Waals surface area (Å²) in [4.78, 5) is 34.7. The molecule has 2 amide bonds. The number of carbonyl (C=O) groups excluding carboxylic acids is 2. The first kappa shape index (κ1) is 16.6. The number of rotatable bonds is 5. The number of thiazole rings is 1. The number of pyridine rings is 1. The van der Waals surface area contributed by atoms with Gasteiger partial charge in [0.2, 0.25) is 11.8 Å². The minimum atomic E-state index is -0.270. The van der Waals surface area contributed by atoms with Crippen molar-refractivity contribution in [1.29, 1.82) is 0 Å². The van der Waals surface area contributed by atoms with Crippen molar-refractivity contribution in [1.82, 2.24) is 20.2 Å². The lowest BCUT2D eigenvalue weighted by Crippen LogP contribution is -2.35. The van der Waals surface area contributed by atoms with Crippen molar-refractivity contribution in [2.45, 2.75) is 32.9 Å². The van der Waals surface area contributed by atoms with Crippen LogP contribution in [-0.2, 0) is 16.1 Å². The fraction of sp³-hybridized carbons (Fsp3) is 0.412. The van der Waals surface area contributed by atoms with E-state index < -0.39 is 0 Å². The lowest BCUT2D eigenvalue weighted by Gasteiger charge is -2.20. The Morgan fingerprint density at radius 1 is 1.46 bits per heavy atom. The average molecular weight is 344 g/mol. The third-order valence-corrected chi connectivity index (χ3v) is 4.95. The van der Waals surface area contributed by atoms with Crippen LogP contribution >= 0.6 is 11.3 Å². The molecule has 2 aromatic heterocycles. The van der Waals surface area contributed by atoms with Crippen molar-refractivity contribution in [2.75, 3.05) is 6.54 Å². The molecule has 1 atom stereocenters. The van der Waals surface area contributed by atoms with E-state index >= 15 is 0 Å². The Balaban J connectivity index is 1.56. The van der Waals surface area contributed by atoms with Gasteiger partial charge in [-0.25, -0.2) is 4.98 Å². The predicted molar refractivity (Wildman–Crippen MR) is 92.1 cm³/mol. The monoisotopic (exact) mass is 344 g/mol. The van der Waals surface area contributed by atoms with Crippen LogP contribution in [0.15, 0.2) is 29.8 Å². The first-order valence-corrected chi connectivity index (χ1v) is 8.85. The van der Waals surface area contributed by atoms with Crippen LogP contribution in [0.1, 0.15) is 26.0 Å². The van der Waals surface area contributed by atoms with E-state index in [0.29, 0.717) is 19.5 Å². The van der Waals surface area contributed by atoms with Crippen LogP contribution < -0.4 is 5.32 Å². The van der Waals surface area contributed by atoms with Crippen molar-refractivity contribution < 1.29 is 9.59 Å². The van der Waals surface area contributed by atoms with Gasteiger partial charge in [0.1, 0.15) is 5.01 Å². The molecular weight excluding hydrogens is 324 g/mol. The molecule has 7 heteroatoms. The summed E-state index contributed by atoms with van der Waals surface area (Å²) in [6.07, 6.45) is 2.02. The number of likely N-dealkylation sites (tertiary alicyclic amines) is 1. The van der Waals surface area contributed by atoms with Crippen molar-refractivity contribution in [3.05, 3.63) is 35.5 Å². The van der Waals surface area contributed by atoms with E-state index in [-0.39, 0.29) is 23.8 Å². The van der Waals surface area contributed by atoms with E-state index in [2.05, 4.69) is 15.3 Å². The normalized spacial score (nSPS) is 17.5. The zero-order valence-electron chi connectivity index (χ0n) is 13.7. The molecule has 1 aliphatic heterocycles. The molecule has 2 aromatic rings. The summed E-state index contributed by atoms with van der Waals surface area (Å²) in [5, 5.41) is 5.65. The molecule has 126 valence electrons. The van der Waals surface area contributed by atoms with Crippen LogP contribution in [0.5, 0.6) is 0 Å². The summed E-state index contributed by atoms with van der Waals surface area (Å²) in [7, 11) is 0. The second-order valence-corrected chi connectivity index (χ2v) is 6.98. The van der Waals surface area contributed by atoms with E-state index in [0.717, 1.165) is 16.4 Å². The molecule has 1 unspecified atom stereocenters. The average Bonchev–Trinajstić information content (AvgIpc) is 3.20. The highest BCUT2D eigenvalue weighted by Gasteiger charge is 2.35. The Hall–Kier alpha value is -2.28. The van der Waals surface area contributed by atoms with Crippen molar-refractivity contribution in [3.63, 3.8) is 0 Å². The number of hydrogen-bond donors (Lipinski definition) is 1. The Labute approximate surface area is 144 Å². The van der Waals surface area contributed by atoms with Gasteiger partial charge < -0.3 is 10.2 Å². The predicted octanol–water partition coefficient (Wildman–Crippen LogP) is 2.08. The molecule has 1 aliphatic rings. The molecule has 0 saturated carbocycles.